The molecule has 0 saturated carbocycles. The Labute approximate surface area is 177 Å². The Morgan fingerprint density at radius 3 is 2.20 bits per heavy atom. The molecule has 164 valence electrons. The lowest BCUT2D eigenvalue weighted by Gasteiger charge is -2.21. The minimum absolute atomic E-state index is 0.0705. The first-order valence-electron chi connectivity index (χ1n) is 9.96. The van der Waals surface area contributed by atoms with Crippen molar-refractivity contribution in [3.05, 3.63) is 41.7 Å². The fraction of sp³-hybridized carbons (Fsp3) is 0.450. The third kappa shape index (κ3) is 5.67. The van der Waals surface area contributed by atoms with E-state index in [1.54, 1.807) is 0 Å². The molecule has 0 aliphatic carbocycles. The lowest BCUT2D eigenvalue weighted by Crippen LogP contribution is -2.32. The summed E-state index contributed by atoms with van der Waals surface area (Å²) in [5, 5.41) is 11.7. The number of amides is 2. The molecular formula is C20H29N5O4S. The number of hydrogen-bond donors (Lipinski definition) is 3. The van der Waals surface area contributed by atoms with Crippen molar-refractivity contribution in [1.29, 1.82) is 0 Å². The largest absolute Gasteiger partial charge is 0.348 e. The van der Waals surface area contributed by atoms with E-state index in [0.29, 0.717) is 13.1 Å². The highest BCUT2D eigenvalue weighted by atomic mass is 32.2. The topological polar surface area (TPSA) is 124 Å². The average Bonchev–Trinajstić information content (AvgIpc) is 3.15. The second kappa shape index (κ2) is 10.4. The zero-order valence-electron chi connectivity index (χ0n) is 17.7. The molecule has 9 nitrogen and oxygen atoms in total. The molecule has 3 N–H and O–H groups in total. The van der Waals surface area contributed by atoms with Crippen LogP contribution in [0.5, 0.6) is 0 Å². The summed E-state index contributed by atoms with van der Waals surface area (Å²) in [6.07, 6.45) is 2.79. The van der Waals surface area contributed by atoms with Crippen molar-refractivity contribution in [1.82, 2.24) is 19.8 Å². The van der Waals surface area contributed by atoms with E-state index in [4.69, 9.17) is 0 Å². The maximum absolute atomic E-state index is 12.8. The number of nitrogens with zero attached hydrogens (tertiary/aromatic N) is 2. The molecule has 1 heterocycles. The predicted molar refractivity (Wildman–Crippen MR) is 115 cm³/mol. The molecule has 0 saturated heterocycles. The molecule has 0 bridgehead atoms. The van der Waals surface area contributed by atoms with Gasteiger partial charge in [0, 0.05) is 24.7 Å². The number of carbonyl (C=O) groups is 2. The number of H-pyrrole nitrogens is 1. The molecule has 10 heteroatoms. The van der Waals surface area contributed by atoms with Gasteiger partial charge in [-0.3, -0.25) is 14.7 Å². The smallest absolute Gasteiger partial charge is 0.271 e. The SMILES string of the molecule is CCCN(CCC)S(=O)(=O)c1ccc(C(=O)Nc2cn[nH]c2C(=O)NC(C)C)cc1. The summed E-state index contributed by atoms with van der Waals surface area (Å²) in [6, 6.07) is 5.67. The van der Waals surface area contributed by atoms with Gasteiger partial charge in [0.1, 0.15) is 5.69 Å². The van der Waals surface area contributed by atoms with E-state index in [1.165, 1.54) is 34.8 Å². The zero-order valence-corrected chi connectivity index (χ0v) is 18.5. The monoisotopic (exact) mass is 435 g/mol. The highest BCUT2D eigenvalue weighted by molar-refractivity contribution is 7.89. The van der Waals surface area contributed by atoms with Gasteiger partial charge in [-0.1, -0.05) is 13.8 Å². The van der Waals surface area contributed by atoms with Crippen LogP contribution in [-0.4, -0.2) is 53.9 Å². The third-order valence-corrected chi connectivity index (χ3v) is 6.15. The molecule has 2 amide bonds. The van der Waals surface area contributed by atoms with Crippen molar-refractivity contribution in [3.63, 3.8) is 0 Å². The van der Waals surface area contributed by atoms with E-state index < -0.39 is 15.9 Å². The molecule has 1 aromatic carbocycles. The Balaban J connectivity index is 2.17. The minimum atomic E-state index is -3.61. The number of sulfonamides is 1. The van der Waals surface area contributed by atoms with Crippen LogP contribution in [0.1, 0.15) is 61.4 Å². The standard InChI is InChI=1S/C20H29N5O4S/c1-5-11-25(12-6-2)30(28,29)16-9-7-15(8-10-16)19(26)23-17-13-21-24-18(17)20(27)22-14(3)4/h7-10,13-14H,5-6,11-12H2,1-4H3,(H,21,24)(H,22,27)(H,23,26). The average molecular weight is 436 g/mol. The summed E-state index contributed by atoms with van der Waals surface area (Å²) < 4.78 is 27.1. The molecule has 0 aliphatic rings. The van der Waals surface area contributed by atoms with Crippen molar-refractivity contribution in [3.8, 4) is 0 Å². The van der Waals surface area contributed by atoms with Crippen LogP contribution < -0.4 is 10.6 Å². The van der Waals surface area contributed by atoms with Crippen molar-refractivity contribution in [2.24, 2.45) is 0 Å². The van der Waals surface area contributed by atoms with Crippen LogP contribution in [0.25, 0.3) is 0 Å². The van der Waals surface area contributed by atoms with Gasteiger partial charge in [0.25, 0.3) is 11.8 Å². The van der Waals surface area contributed by atoms with Crippen molar-refractivity contribution in [2.45, 2.75) is 51.5 Å². The number of benzene rings is 1. The van der Waals surface area contributed by atoms with Gasteiger partial charge in [-0.25, -0.2) is 8.42 Å². The Morgan fingerprint density at radius 1 is 1.07 bits per heavy atom. The van der Waals surface area contributed by atoms with Gasteiger partial charge < -0.3 is 10.6 Å². The van der Waals surface area contributed by atoms with E-state index in [-0.39, 0.29) is 33.8 Å². The molecule has 0 spiro atoms. The molecule has 30 heavy (non-hydrogen) atoms. The van der Waals surface area contributed by atoms with Crippen LogP contribution in [0.4, 0.5) is 5.69 Å². The second-order valence-corrected chi connectivity index (χ2v) is 9.11. The van der Waals surface area contributed by atoms with Crippen LogP contribution in [0.3, 0.4) is 0 Å². The summed E-state index contributed by atoms with van der Waals surface area (Å²) in [5.74, 6) is -0.857. The van der Waals surface area contributed by atoms with Gasteiger partial charge in [0.2, 0.25) is 10.0 Å². The summed E-state index contributed by atoms with van der Waals surface area (Å²) in [6.45, 7) is 8.39. The lowest BCUT2D eigenvalue weighted by atomic mass is 10.2. The Kier molecular flexibility index (Phi) is 8.13. The summed E-state index contributed by atoms with van der Waals surface area (Å²) in [4.78, 5) is 24.9. The molecule has 1 aromatic heterocycles. The van der Waals surface area contributed by atoms with Gasteiger partial charge in [-0.15, -0.1) is 0 Å². The number of carbonyl (C=O) groups excluding carboxylic acids is 2. The highest BCUT2D eigenvalue weighted by Crippen LogP contribution is 2.19. The normalized spacial score (nSPS) is 11.7. The first kappa shape index (κ1) is 23.6. The lowest BCUT2D eigenvalue weighted by molar-refractivity contribution is 0.0939. The predicted octanol–water partition coefficient (Wildman–Crippen LogP) is 2.61. The van der Waals surface area contributed by atoms with Crippen LogP contribution in [0.15, 0.2) is 35.4 Å². The molecule has 0 atom stereocenters. The van der Waals surface area contributed by atoms with Crippen molar-refractivity contribution in [2.75, 3.05) is 18.4 Å². The fourth-order valence-corrected chi connectivity index (χ4v) is 4.49. The van der Waals surface area contributed by atoms with Gasteiger partial charge in [-0.2, -0.15) is 9.40 Å². The quantitative estimate of drug-likeness (QED) is 0.529. The first-order chi connectivity index (χ1) is 14.2. The summed E-state index contributed by atoms with van der Waals surface area (Å²) in [7, 11) is -3.61. The molecule has 0 aliphatic heterocycles. The van der Waals surface area contributed by atoms with E-state index >= 15 is 0 Å². The Bertz CT molecular complexity index is 961. The van der Waals surface area contributed by atoms with E-state index in [9.17, 15) is 18.0 Å². The van der Waals surface area contributed by atoms with E-state index in [2.05, 4.69) is 20.8 Å². The van der Waals surface area contributed by atoms with Crippen molar-refractivity contribution >= 4 is 27.5 Å². The molecule has 0 unspecified atom stereocenters. The second-order valence-electron chi connectivity index (χ2n) is 7.17. The number of hydrogen-bond acceptors (Lipinski definition) is 5. The molecular weight excluding hydrogens is 406 g/mol. The molecule has 0 fully saturated rings. The zero-order chi connectivity index (χ0) is 22.3. The first-order valence-corrected chi connectivity index (χ1v) is 11.4. The maximum atomic E-state index is 12.8. The molecule has 2 aromatic rings. The number of rotatable bonds is 10. The number of aromatic amines is 1. The Hall–Kier alpha value is -2.72. The van der Waals surface area contributed by atoms with Gasteiger partial charge in [0.15, 0.2) is 0 Å². The maximum Gasteiger partial charge on any atom is 0.271 e. The number of anilines is 1. The molecule has 2 rings (SSSR count). The van der Waals surface area contributed by atoms with Gasteiger partial charge in [0.05, 0.1) is 16.8 Å². The van der Waals surface area contributed by atoms with Crippen molar-refractivity contribution < 1.29 is 18.0 Å². The van der Waals surface area contributed by atoms with Crippen LogP contribution in [-0.2, 0) is 10.0 Å². The Morgan fingerprint density at radius 2 is 1.67 bits per heavy atom. The summed E-state index contributed by atoms with van der Waals surface area (Å²) in [5.41, 5.74) is 0.654. The minimum Gasteiger partial charge on any atom is -0.348 e. The van der Waals surface area contributed by atoms with E-state index in [0.717, 1.165) is 12.8 Å². The molecule has 0 radical (unpaired) electrons. The van der Waals surface area contributed by atoms with Gasteiger partial charge in [-0.05, 0) is 51.0 Å². The van der Waals surface area contributed by atoms with Crippen LogP contribution in [0.2, 0.25) is 0 Å². The van der Waals surface area contributed by atoms with E-state index in [1.807, 2.05) is 27.7 Å². The van der Waals surface area contributed by atoms with Gasteiger partial charge >= 0.3 is 0 Å². The highest BCUT2D eigenvalue weighted by Gasteiger charge is 2.23. The van der Waals surface area contributed by atoms with Crippen LogP contribution in [0, 0.1) is 0 Å². The summed E-state index contributed by atoms with van der Waals surface area (Å²) >= 11 is 0. The fourth-order valence-electron chi connectivity index (χ4n) is 2.86. The number of nitrogens with one attached hydrogen (secondary N) is 3. The van der Waals surface area contributed by atoms with Crippen LogP contribution >= 0.6 is 0 Å². The number of aromatic nitrogens is 2. The third-order valence-electron chi connectivity index (χ3n) is 4.23.